The van der Waals surface area contributed by atoms with Crippen LogP contribution in [0.25, 0.3) is 0 Å². The number of carbonyl (C=O) groups excluding carboxylic acids is 1. The van der Waals surface area contributed by atoms with Gasteiger partial charge in [0.1, 0.15) is 0 Å². The van der Waals surface area contributed by atoms with Crippen LogP contribution >= 0.6 is 0 Å². The molecule has 0 spiro atoms. The second kappa shape index (κ2) is 12.8. The van der Waals surface area contributed by atoms with Crippen molar-refractivity contribution < 1.29 is 24.5 Å². The monoisotopic (exact) mass is 562 g/mol. The summed E-state index contributed by atoms with van der Waals surface area (Å²) in [5.41, 5.74) is 0.497. The Morgan fingerprint density at radius 3 is 2.52 bits per heavy atom. The Morgan fingerprint density at radius 1 is 1.05 bits per heavy atom. The van der Waals surface area contributed by atoms with Crippen LogP contribution in [0.3, 0.4) is 0 Å². The van der Waals surface area contributed by atoms with E-state index in [0.717, 1.165) is 71.4 Å². The van der Waals surface area contributed by atoms with E-state index in [-0.39, 0.29) is 29.1 Å². The van der Waals surface area contributed by atoms with E-state index in [2.05, 4.69) is 37.9 Å². The Hall–Kier alpha value is -0.890. The fourth-order valence-electron chi connectivity index (χ4n) is 10.8. The van der Waals surface area contributed by atoms with Crippen LogP contribution in [0, 0.1) is 52.3 Å². The van der Waals surface area contributed by atoms with Crippen LogP contribution < -0.4 is 5.32 Å². The van der Waals surface area contributed by atoms with Gasteiger partial charge in [-0.3, -0.25) is 4.90 Å². The number of carbonyl (C=O) groups is 1. The number of hydrogen-bond donors (Lipinski definition) is 3. The van der Waals surface area contributed by atoms with Gasteiger partial charge in [-0.2, -0.15) is 0 Å². The van der Waals surface area contributed by atoms with E-state index in [4.69, 9.17) is 9.47 Å². The number of aliphatic hydroxyl groups excluding tert-OH is 2. The average molecular weight is 563 g/mol. The molecule has 3 N–H and O–H groups in total. The normalized spacial score (nSPS) is 44.2. The zero-order valence-electron chi connectivity index (χ0n) is 25.8. The lowest BCUT2D eigenvalue weighted by atomic mass is 9.41. The number of amides is 1. The minimum Gasteiger partial charge on any atom is -0.450 e. The summed E-state index contributed by atoms with van der Waals surface area (Å²) >= 11 is 0. The summed E-state index contributed by atoms with van der Waals surface area (Å²) in [5, 5.41) is 25.4. The van der Waals surface area contributed by atoms with Crippen molar-refractivity contribution in [3.63, 3.8) is 0 Å². The minimum atomic E-state index is -0.290. The highest BCUT2D eigenvalue weighted by Gasteiger charge is 2.64. The molecule has 0 aromatic rings. The van der Waals surface area contributed by atoms with Gasteiger partial charge in [-0.15, -0.1) is 0 Å². The molecule has 0 bridgehead atoms. The first-order valence-electron chi connectivity index (χ1n) is 16.8. The van der Waals surface area contributed by atoms with Gasteiger partial charge >= 0.3 is 6.09 Å². The van der Waals surface area contributed by atoms with Crippen molar-refractivity contribution in [1.29, 1.82) is 0 Å². The lowest BCUT2D eigenvalue weighted by Crippen LogP contribution is -2.62. The average Bonchev–Trinajstić information content (AvgIpc) is 3.30. The number of hydrogen-bond acceptors (Lipinski definition) is 6. The summed E-state index contributed by atoms with van der Waals surface area (Å²) in [6, 6.07) is 0. The molecule has 7 nitrogen and oxygen atoms in total. The van der Waals surface area contributed by atoms with Gasteiger partial charge in [0.15, 0.2) is 0 Å². The summed E-state index contributed by atoms with van der Waals surface area (Å²) in [4.78, 5) is 14.7. The van der Waals surface area contributed by atoms with Gasteiger partial charge in [-0.25, -0.2) is 4.79 Å². The zero-order valence-corrected chi connectivity index (χ0v) is 25.8. The number of ether oxygens (including phenoxy) is 2. The van der Waals surface area contributed by atoms with Crippen LogP contribution in [-0.4, -0.2) is 79.4 Å². The van der Waals surface area contributed by atoms with Crippen molar-refractivity contribution in [3.8, 4) is 0 Å². The Bertz CT molecular complexity index is 851. The Balaban J connectivity index is 1.13. The van der Waals surface area contributed by atoms with Gasteiger partial charge in [0.2, 0.25) is 0 Å². The molecule has 11 atom stereocenters. The van der Waals surface area contributed by atoms with Crippen LogP contribution in [0.5, 0.6) is 0 Å². The SMILES string of the molecule is CC[C@H]1[C@@H](O)C2C3CCC([C@H](C)CCOC(=O)NCCCN4CCOCC4)[C@@]3(C)CCC2[C@@]2(C)CC[C@@H](O)C[C@@H]12. The molecular weight excluding hydrogens is 504 g/mol. The summed E-state index contributed by atoms with van der Waals surface area (Å²) in [6.45, 7) is 15.3. The first-order valence-corrected chi connectivity index (χ1v) is 16.8. The highest BCUT2D eigenvalue weighted by Crippen LogP contribution is 2.69. The molecule has 0 radical (unpaired) electrons. The lowest BCUT2D eigenvalue weighted by molar-refractivity contribution is -0.203. The quantitative estimate of drug-likeness (QED) is 0.339. The highest BCUT2D eigenvalue weighted by atomic mass is 16.5. The number of alkyl carbamates (subject to hydrolysis) is 1. The molecule has 4 unspecified atom stereocenters. The third kappa shape index (κ3) is 5.83. The maximum Gasteiger partial charge on any atom is 0.407 e. The van der Waals surface area contributed by atoms with E-state index in [0.29, 0.717) is 54.6 Å². The molecule has 4 aliphatic carbocycles. The first-order chi connectivity index (χ1) is 19.2. The number of aliphatic hydroxyl groups is 2. The van der Waals surface area contributed by atoms with Gasteiger partial charge < -0.3 is 25.0 Å². The number of nitrogens with one attached hydrogen (secondary N) is 1. The van der Waals surface area contributed by atoms with Crippen LogP contribution in [0.1, 0.15) is 91.9 Å². The molecular formula is C33H58N2O5. The fourth-order valence-corrected chi connectivity index (χ4v) is 10.8. The summed E-state index contributed by atoms with van der Waals surface area (Å²) in [6.07, 6.45) is 9.91. The predicted molar refractivity (Wildman–Crippen MR) is 157 cm³/mol. The lowest BCUT2D eigenvalue weighted by Gasteiger charge is -2.64. The largest absolute Gasteiger partial charge is 0.450 e. The maximum atomic E-state index is 12.3. The molecule has 40 heavy (non-hydrogen) atoms. The maximum absolute atomic E-state index is 12.3. The zero-order chi connectivity index (χ0) is 28.5. The molecule has 5 fully saturated rings. The van der Waals surface area contributed by atoms with Crippen molar-refractivity contribution in [2.45, 2.75) is 104 Å². The third-order valence-corrected chi connectivity index (χ3v) is 13.0. The predicted octanol–water partition coefficient (Wildman–Crippen LogP) is 5.09. The van der Waals surface area contributed by atoms with Crippen molar-refractivity contribution in [1.82, 2.24) is 10.2 Å². The first kappa shape index (κ1) is 30.6. The van der Waals surface area contributed by atoms with E-state index < -0.39 is 0 Å². The second-order valence-corrected chi connectivity index (χ2v) is 14.8. The van der Waals surface area contributed by atoms with Gasteiger partial charge in [-0.05, 0) is 117 Å². The van der Waals surface area contributed by atoms with Gasteiger partial charge in [0.05, 0.1) is 32.0 Å². The third-order valence-electron chi connectivity index (χ3n) is 13.0. The summed E-state index contributed by atoms with van der Waals surface area (Å²) < 4.78 is 11.0. The molecule has 1 aliphatic heterocycles. The molecule has 0 aromatic heterocycles. The highest BCUT2D eigenvalue weighted by molar-refractivity contribution is 5.66. The van der Waals surface area contributed by atoms with Crippen molar-refractivity contribution >= 4 is 6.09 Å². The molecule has 1 amide bonds. The van der Waals surface area contributed by atoms with E-state index >= 15 is 0 Å². The second-order valence-electron chi connectivity index (χ2n) is 14.8. The number of rotatable bonds is 9. The standard InChI is InChI=1S/C33H58N2O5/c1-5-24-28-21-23(36)9-12-33(28,4)27-10-13-32(3)25(7-8-26(32)29(27)30(24)37)22(2)11-18-40-31(38)34-14-6-15-35-16-19-39-20-17-35/h22-30,36-37H,5-21H2,1-4H3,(H,34,38)/t22-,23-,24-,25?,26?,27?,28+,29?,30-,32-,33-/m1/s1. The minimum absolute atomic E-state index is 0.194. The Labute approximate surface area is 243 Å². The van der Waals surface area contributed by atoms with Crippen LogP contribution in [0.4, 0.5) is 4.79 Å². The van der Waals surface area contributed by atoms with Crippen LogP contribution in [-0.2, 0) is 9.47 Å². The van der Waals surface area contributed by atoms with E-state index in [9.17, 15) is 15.0 Å². The molecule has 5 rings (SSSR count). The van der Waals surface area contributed by atoms with Crippen molar-refractivity contribution in [2.24, 2.45) is 52.3 Å². The molecule has 230 valence electrons. The number of fused-ring (bicyclic) bond motifs is 5. The molecule has 1 saturated heterocycles. The molecule has 4 saturated carbocycles. The van der Waals surface area contributed by atoms with Gasteiger partial charge in [0.25, 0.3) is 0 Å². The van der Waals surface area contributed by atoms with E-state index in [1.54, 1.807) is 0 Å². The number of morpholine rings is 1. The topological polar surface area (TPSA) is 91.3 Å². The Kier molecular flexibility index (Phi) is 9.76. The number of nitrogens with zero attached hydrogens (tertiary/aromatic N) is 1. The molecule has 0 aromatic carbocycles. The van der Waals surface area contributed by atoms with E-state index in [1.165, 1.54) is 25.7 Å². The summed E-state index contributed by atoms with van der Waals surface area (Å²) in [5.74, 6) is 3.40. The van der Waals surface area contributed by atoms with Gasteiger partial charge in [-0.1, -0.05) is 34.1 Å². The van der Waals surface area contributed by atoms with Crippen LogP contribution in [0.2, 0.25) is 0 Å². The van der Waals surface area contributed by atoms with Crippen molar-refractivity contribution in [2.75, 3.05) is 46.0 Å². The summed E-state index contributed by atoms with van der Waals surface area (Å²) in [7, 11) is 0. The molecule has 1 heterocycles. The van der Waals surface area contributed by atoms with E-state index in [1.807, 2.05) is 0 Å². The fraction of sp³-hybridized carbons (Fsp3) is 0.970. The van der Waals surface area contributed by atoms with Crippen LogP contribution in [0.15, 0.2) is 0 Å². The van der Waals surface area contributed by atoms with Crippen molar-refractivity contribution in [3.05, 3.63) is 0 Å². The molecule has 7 heteroatoms. The molecule has 5 aliphatic rings. The smallest absolute Gasteiger partial charge is 0.407 e. The van der Waals surface area contributed by atoms with Gasteiger partial charge in [0, 0.05) is 19.6 Å². The Morgan fingerprint density at radius 2 is 1.77 bits per heavy atom.